The fraction of sp³-hybridized carbons (Fsp3) is 0.348. The molecule has 0 saturated carbocycles. The SMILES string of the molecule is CCNC(=O)COc1ccc(NC(=O)C2CC(=O)N(c3ccc4c(c3)OCCO4)C2)cc1. The highest BCUT2D eigenvalue weighted by Crippen LogP contribution is 2.36. The zero-order chi connectivity index (χ0) is 22.5. The summed E-state index contributed by atoms with van der Waals surface area (Å²) >= 11 is 0. The number of anilines is 2. The molecular formula is C23H25N3O6. The van der Waals surface area contributed by atoms with E-state index < -0.39 is 5.92 Å². The highest BCUT2D eigenvalue weighted by molar-refractivity contribution is 6.03. The fourth-order valence-electron chi connectivity index (χ4n) is 3.61. The molecule has 2 N–H and O–H groups in total. The number of hydrogen-bond donors (Lipinski definition) is 2. The normalized spacial score (nSPS) is 17.1. The quantitative estimate of drug-likeness (QED) is 0.683. The first-order chi connectivity index (χ1) is 15.5. The summed E-state index contributed by atoms with van der Waals surface area (Å²) in [6, 6.07) is 12.1. The van der Waals surface area contributed by atoms with Gasteiger partial charge in [-0.15, -0.1) is 0 Å². The Balaban J connectivity index is 1.33. The van der Waals surface area contributed by atoms with Gasteiger partial charge in [0.05, 0.1) is 5.92 Å². The zero-order valence-corrected chi connectivity index (χ0v) is 17.8. The molecule has 2 aliphatic heterocycles. The molecule has 0 radical (unpaired) electrons. The van der Waals surface area contributed by atoms with Crippen LogP contribution in [0.3, 0.4) is 0 Å². The van der Waals surface area contributed by atoms with E-state index in [4.69, 9.17) is 14.2 Å². The van der Waals surface area contributed by atoms with Crippen molar-refractivity contribution in [2.24, 2.45) is 5.92 Å². The largest absolute Gasteiger partial charge is 0.486 e. The van der Waals surface area contributed by atoms with Crippen molar-refractivity contribution in [3.63, 3.8) is 0 Å². The second-order valence-electron chi connectivity index (χ2n) is 7.49. The second kappa shape index (κ2) is 9.59. The maximum absolute atomic E-state index is 12.7. The molecule has 0 spiro atoms. The van der Waals surface area contributed by atoms with Crippen molar-refractivity contribution in [2.45, 2.75) is 13.3 Å². The second-order valence-corrected chi connectivity index (χ2v) is 7.49. The molecule has 1 fully saturated rings. The van der Waals surface area contributed by atoms with E-state index in [0.29, 0.717) is 48.4 Å². The average Bonchev–Trinajstić information content (AvgIpc) is 3.20. The van der Waals surface area contributed by atoms with E-state index in [0.717, 1.165) is 0 Å². The Kier molecular flexibility index (Phi) is 6.44. The van der Waals surface area contributed by atoms with Crippen LogP contribution < -0.4 is 29.7 Å². The van der Waals surface area contributed by atoms with E-state index in [9.17, 15) is 14.4 Å². The van der Waals surface area contributed by atoms with Crippen LogP contribution in [0.5, 0.6) is 17.2 Å². The molecule has 0 aliphatic carbocycles. The van der Waals surface area contributed by atoms with Crippen LogP contribution in [0, 0.1) is 5.92 Å². The number of rotatable bonds is 7. The number of nitrogens with one attached hydrogen (secondary N) is 2. The maximum atomic E-state index is 12.7. The van der Waals surface area contributed by atoms with Gasteiger partial charge >= 0.3 is 0 Å². The lowest BCUT2D eigenvalue weighted by Gasteiger charge is -2.22. The van der Waals surface area contributed by atoms with Gasteiger partial charge < -0.3 is 29.7 Å². The number of likely N-dealkylation sites (N-methyl/N-ethyl adjacent to an activating group) is 1. The Morgan fingerprint density at radius 3 is 2.59 bits per heavy atom. The molecule has 1 saturated heterocycles. The van der Waals surface area contributed by atoms with Gasteiger partial charge in [-0.05, 0) is 43.3 Å². The lowest BCUT2D eigenvalue weighted by atomic mass is 10.1. The molecular weight excluding hydrogens is 414 g/mol. The topological polar surface area (TPSA) is 106 Å². The van der Waals surface area contributed by atoms with Crippen molar-refractivity contribution in [3.8, 4) is 17.2 Å². The third kappa shape index (κ3) is 4.93. The van der Waals surface area contributed by atoms with Gasteiger partial charge in [-0.1, -0.05) is 0 Å². The predicted molar refractivity (Wildman–Crippen MR) is 117 cm³/mol. The Hall–Kier alpha value is -3.75. The molecule has 2 aromatic carbocycles. The van der Waals surface area contributed by atoms with E-state index >= 15 is 0 Å². The molecule has 168 valence electrons. The summed E-state index contributed by atoms with van der Waals surface area (Å²) in [5.74, 6) is 0.770. The van der Waals surface area contributed by atoms with Crippen LogP contribution in [0.1, 0.15) is 13.3 Å². The summed E-state index contributed by atoms with van der Waals surface area (Å²) in [6.45, 7) is 3.56. The van der Waals surface area contributed by atoms with Crippen molar-refractivity contribution in [1.82, 2.24) is 5.32 Å². The fourth-order valence-corrected chi connectivity index (χ4v) is 3.61. The lowest BCUT2D eigenvalue weighted by Crippen LogP contribution is -2.28. The van der Waals surface area contributed by atoms with Crippen LogP contribution in [0.4, 0.5) is 11.4 Å². The third-order valence-electron chi connectivity index (χ3n) is 5.20. The minimum absolute atomic E-state index is 0.0700. The van der Waals surface area contributed by atoms with Crippen LogP contribution in [0.25, 0.3) is 0 Å². The molecule has 4 rings (SSSR count). The number of fused-ring (bicyclic) bond motifs is 1. The Morgan fingerprint density at radius 2 is 1.84 bits per heavy atom. The summed E-state index contributed by atoms with van der Waals surface area (Å²) in [4.78, 5) is 38.3. The predicted octanol–water partition coefficient (Wildman–Crippen LogP) is 1.96. The summed E-state index contributed by atoms with van der Waals surface area (Å²) in [5, 5.41) is 5.49. The minimum atomic E-state index is -0.468. The van der Waals surface area contributed by atoms with Crippen molar-refractivity contribution >= 4 is 29.1 Å². The Bertz CT molecular complexity index is 1010. The first kappa shape index (κ1) is 21.5. The Labute approximate surface area is 185 Å². The van der Waals surface area contributed by atoms with Gasteiger partial charge in [-0.25, -0.2) is 0 Å². The molecule has 2 heterocycles. The van der Waals surface area contributed by atoms with Crippen LogP contribution in [-0.4, -0.2) is 50.6 Å². The van der Waals surface area contributed by atoms with E-state index in [1.54, 1.807) is 47.4 Å². The molecule has 9 heteroatoms. The zero-order valence-electron chi connectivity index (χ0n) is 17.8. The van der Waals surface area contributed by atoms with Crippen molar-refractivity contribution in [2.75, 3.05) is 43.1 Å². The van der Waals surface area contributed by atoms with E-state index in [2.05, 4.69) is 10.6 Å². The van der Waals surface area contributed by atoms with Crippen LogP contribution in [0.2, 0.25) is 0 Å². The highest BCUT2D eigenvalue weighted by atomic mass is 16.6. The minimum Gasteiger partial charge on any atom is -0.486 e. The van der Waals surface area contributed by atoms with Gasteiger partial charge in [0.25, 0.3) is 5.91 Å². The highest BCUT2D eigenvalue weighted by Gasteiger charge is 2.35. The van der Waals surface area contributed by atoms with E-state index in [-0.39, 0.29) is 37.3 Å². The van der Waals surface area contributed by atoms with Gasteiger partial charge in [0.2, 0.25) is 11.8 Å². The third-order valence-corrected chi connectivity index (χ3v) is 5.20. The Morgan fingerprint density at radius 1 is 1.09 bits per heavy atom. The number of hydrogen-bond acceptors (Lipinski definition) is 6. The van der Waals surface area contributed by atoms with Gasteiger partial charge in [0.15, 0.2) is 18.1 Å². The molecule has 1 unspecified atom stereocenters. The standard InChI is InChI=1S/C23H25N3O6/c1-2-24-21(27)14-32-18-6-3-16(4-7-18)25-23(29)15-11-22(28)26(13-15)17-5-8-19-20(12-17)31-10-9-30-19/h3-8,12,15H,2,9-11,13-14H2,1H3,(H,24,27)(H,25,29). The number of nitrogens with zero attached hydrogens (tertiary/aromatic N) is 1. The molecule has 3 amide bonds. The van der Waals surface area contributed by atoms with Crippen molar-refractivity contribution in [3.05, 3.63) is 42.5 Å². The van der Waals surface area contributed by atoms with Gasteiger partial charge in [0, 0.05) is 37.0 Å². The monoisotopic (exact) mass is 439 g/mol. The molecule has 9 nitrogen and oxygen atoms in total. The first-order valence-corrected chi connectivity index (χ1v) is 10.5. The van der Waals surface area contributed by atoms with E-state index in [1.807, 2.05) is 6.92 Å². The average molecular weight is 439 g/mol. The van der Waals surface area contributed by atoms with Crippen LogP contribution in [0.15, 0.2) is 42.5 Å². The van der Waals surface area contributed by atoms with Gasteiger partial charge in [-0.2, -0.15) is 0 Å². The molecule has 0 aromatic heterocycles. The molecule has 2 aromatic rings. The summed E-state index contributed by atoms with van der Waals surface area (Å²) in [6.07, 6.45) is 0.133. The van der Waals surface area contributed by atoms with Crippen LogP contribution in [-0.2, 0) is 14.4 Å². The van der Waals surface area contributed by atoms with Crippen molar-refractivity contribution in [1.29, 1.82) is 0 Å². The first-order valence-electron chi connectivity index (χ1n) is 10.5. The maximum Gasteiger partial charge on any atom is 0.257 e. The van der Waals surface area contributed by atoms with Crippen LogP contribution >= 0.6 is 0 Å². The van der Waals surface area contributed by atoms with Crippen molar-refractivity contribution < 1.29 is 28.6 Å². The summed E-state index contributed by atoms with van der Waals surface area (Å²) in [7, 11) is 0. The number of benzene rings is 2. The lowest BCUT2D eigenvalue weighted by molar-refractivity contribution is -0.123. The van der Waals surface area contributed by atoms with Gasteiger partial charge in [-0.3, -0.25) is 14.4 Å². The number of carbonyl (C=O) groups excluding carboxylic acids is 3. The summed E-state index contributed by atoms with van der Waals surface area (Å²) < 4.78 is 16.5. The summed E-state index contributed by atoms with van der Waals surface area (Å²) in [5.41, 5.74) is 1.27. The molecule has 2 aliphatic rings. The number of carbonyl (C=O) groups is 3. The molecule has 0 bridgehead atoms. The van der Waals surface area contributed by atoms with Gasteiger partial charge in [0.1, 0.15) is 19.0 Å². The molecule has 32 heavy (non-hydrogen) atoms. The smallest absolute Gasteiger partial charge is 0.257 e. The number of amides is 3. The molecule has 1 atom stereocenters. The number of ether oxygens (including phenoxy) is 3. The van der Waals surface area contributed by atoms with E-state index in [1.165, 1.54) is 0 Å².